The first kappa shape index (κ1) is 15.2. The second-order valence-corrected chi connectivity index (χ2v) is 5.08. The first-order valence-electron chi connectivity index (χ1n) is 7.15. The van der Waals surface area contributed by atoms with Crippen molar-refractivity contribution in [2.24, 2.45) is 0 Å². The van der Waals surface area contributed by atoms with Crippen LogP contribution in [0.25, 0.3) is 10.8 Å². The smallest absolute Gasteiger partial charge is 0.243 e. The minimum Gasteiger partial charge on any atom is -0.294 e. The summed E-state index contributed by atoms with van der Waals surface area (Å²) >= 11 is 0. The van der Waals surface area contributed by atoms with Crippen LogP contribution in [0.15, 0.2) is 42.5 Å². The van der Waals surface area contributed by atoms with Crippen molar-refractivity contribution in [2.45, 2.75) is 32.1 Å². The van der Waals surface area contributed by atoms with E-state index in [2.05, 4.69) is 0 Å². The number of carbonyl (C=O) groups excluding carboxylic acids is 2. The number of Topliss-reactive ketones (excluding diaryl/α,β-unsaturated/α-hetero) is 1. The molecule has 2 rings (SSSR count). The normalized spacial score (nSPS) is 10.5. The molecule has 0 radical (unpaired) electrons. The van der Waals surface area contributed by atoms with Gasteiger partial charge in [-0.2, -0.15) is 0 Å². The summed E-state index contributed by atoms with van der Waals surface area (Å²) < 4.78 is 0. The van der Waals surface area contributed by atoms with Gasteiger partial charge in [0.2, 0.25) is 5.91 Å². The molecule has 0 aliphatic carbocycles. The van der Waals surface area contributed by atoms with Crippen molar-refractivity contribution >= 4 is 22.5 Å². The molecule has 0 fully saturated rings. The number of amides is 1. The molecule has 0 unspecified atom stereocenters. The Balaban J connectivity index is 1.83. The molecule has 0 bridgehead atoms. The van der Waals surface area contributed by atoms with Gasteiger partial charge in [-0.15, -0.1) is 0 Å². The molecule has 0 aromatic heterocycles. The van der Waals surface area contributed by atoms with Crippen LogP contribution >= 0.6 is 0 Å². The highest BCUT2D eigenvalue weighted by molar-refractivity contribution is 5.99. The molecule has 0 heterocycles. The maximum atomic E-state index is 12.1. The average Bonchev–Trinajstić information content (AvgIpc) is 2.53. The molecule has 2 N–H and O–H groups in total. The Kier molecular flexibility index (Phi) is 5.46. The van der Waals surface area contributed by atoms with Crippen molar-refractivity contribution in [2.75, 3.05) is 0 Å². The molecule has 0 saturated carbocycles. The molecule has 1 amide bonds. The molecule has 0 aliphatic heterocycles. The van der Waals surface area contributed by atoms with Crippen molar-refractivity contribution in [3.63, 3.8) is 0 Å². The third-order valence-corrected chi connectivity index (χ3v) is 3.50. The van der Waals surface area contributed by atoms with E-state index in [0.717, 1.165) is 29.2 Å². The van der Waals surface area contributed by atoms with Gasteiger partial charge in [-0.05, 0) is 29.7 Å². The molecule has 2 aromatic carbocycles. The summed E-state index contributed by atoms with van der Waals surface area (Å²) in [6.07, 6.45) is 3.01. The summed E-state index contributed by atoms with van der Waals surface area (Å²) in [6.45, 7) is 0. The van der Waals surface area contributed by atoms with Gasteiger partial charge in [-0.1, -0.05) is 42.8 Å². The van der Waals surface area contributed by atoms with Gasteiger partial charge in [0.1, 0.15) is 0 Å². The zero-order valence-corrected chi connectivity index (χ0v) is 11.8. The van der Waals surface area contributed by atoms with Crippen LogP contribution in [0.3, 0.4) is 0 Å². The number of fused-ring (bicyclic) bond motifs is 1. The second-order valence-electron chi connectivity index (χ2n) is 5.08. The van der Waals surface area contributed by atoms with Crippen LogP contribution in [0.4, 0.5) is 0 Å². The molecular weight excluding hydrogens is 266 g/mol. The van der Waals surface area contributed by atoms with Gasteiger partial charge < -0.3 is 0 Å². The van der Waals surface area contributed by atoms with Crippen molar-refractivity contribution < 1.29 is 14.8 Å². The molecule has 110 valence electrons. The molecular formula is C17H19NO3. The minimum atomic E-state index is -0.379. The number of rotatable bonds is 7. The van der Waals surface area contributed by atoms with Gasteiger partial charge in [0.05, 0.1) is 0 Å². The van der Waals surface area contributed by atoms with Crippen molar-refractivity contribution in [3.05, 3.63) is 48.0 Å². The van der Waals surface area contributed by atoms with E-state index in [1.54, 1.807) is 5.48 Å². The van der Waals surface area contributed by atoms with Crippen LogP contribution in [-0.4, -0.2) is 16.9 Å². The molecule has 2 aromatic rings. The number of ketones is 1. The first-order valence-corrected chi connectivity index (χ1v) is 7.15. The van der Waals surface area contributed by atoms with E-state index >= 15 is 0 Å². The fraction of sp³-hybridized carbons (Fsp3) is 0.294. The zero-order chi connectivity index (χ0) is 15.1. The van der Waals surface area contributed by atoms with Crippen molar-refractivity contribution in [1.29, 1.82) is 0 Å². The Morgan fingerprint density at radius 2 is 1.62 bits per heavy atom. The minimum absolute atomic E-state index is 0.132. The number of benzene rings is 2. The largest absolute Gasteiger partial charge is 0.294 e. The molecule has 0 aliphatic rings. The van der Waals surface area contributed by atoms with E-state index < -0.39 is 0 Å². The zero-order valence-electron chi connectivity index (χ0n) is 11.8. The maximum absolute atomic E-state index is 12.1. The lowest BCUT2D eigenvalue weighted by Crippen LogP contribution is -2.17. The lowest BCUT2D eigenvalue weighted by molar-refractivity contribution is -0.129. The fourth-order valence-electron chi connectivity index (χ4n) is 2.31. The quantitative estimate of drug-likeness (QED) is 0.354. The molecule has 4 nitrogen and oxygen atoms in total. The first-order chi connectivity index (χ1) is 10.2. The predicted octanol–water partition coefficient (Wildman–Crippen LogP) is 3.48. The number of hydrogen-bond acceptors (Lipinski definition) is 3. The fourth-order valence-corrected chi connectivity index (χ4v) is 2.31. The van der Waals surface area contributed by atoms with Gasteiger partial charge in [0, 0.05) is 18.4 Å². The van der Waals surface area contributed by atoms with Crippen LogP contribution in [0.2, 0.25) is 0 Å². The summed E-state index contributed by atoms with van der Waals surface area (Å²) in [4.78, 5) is 22.9. The lowest BCUT2D eigenvalue weighted by atomic mass is 10.0. The van der Waals surface area contributed by atoms with Crippen LogP contribution in [0, 0.1) is 0 Å². The monoisotopic (exact) mass is 285 g/mol. The van der Waals surface area contributed by atoms with E-state index in [9.17, 15) is 9.59 Å². The summed E-state index contributed by atoms with van der Waals surface area (Å²) in [6, 6.07) is 13.7. The van der Waals surface area contributed by atoms with E-state index in [0.29, 0.717) is 19.3 Å². The Labute approximate surface area is 123 Å². The number of nitrogens with one attached hydrogen (secondary N) is 1. The highest BCUT2D eigenvalue weighted by Crippen LogP contribution is 2.17. The summed E-state index contributed by atoms with van der Waals surface area (Å²) in [5.74, 6) is -0.247. The number of unbranched alkanes of at least 4 members (excludes halogenated alkanes) is 2. The van der Waals surface area contributed by atoms with Gasteiger partial charge in [-0.25, -0.2) is 5.48 Å². The van der Waals surface area contributed by atoms with Crippen molar-refractivity contribution in [1.82, 2.24) is 5.48 Å². The molecule has 21 heavy (non-hydrogen) atoms. The van der Waals surface area contributed by atoms with Crippen LogP contribution in [0.1, 0.15) is 42.5 Å². The van der Waals surface area contributed by atoms with E-state index in [-0.39, 0.29) is 11.7 Å². The van der Waals surface area contributed by atoms with E-state index in [4.69, 9.17) is 5.21 Å². The SMILES string of the molecule is O=C(CCCCCC(=O)c1ccc2ccccc2c1)NO. The highest BCUT2D eigenvalue weighted by atomic mass is 16.5. The van der Waals surface area contributed by atoms with Crippen LogP contribution < -0.4 is 5.48 Å². The molecule has 0 saturated heterocycles. The Hall–Kier alpha value is -2.20. The third-order valence-electron chi connectivity index (χ3n) is 3.50. The Morgan fingerprint density at radius 3 is 2.38 bits per heavy atom. The number of hydrogen-bond donors (Lipinski definition) is 2. The topological polar surface area (TPSA) is 66.4 Å². The third kappa shape index (κ3) is 4.39. The summed E-state index contributed by atoms with van der Waals surface area (Å²) in [7, 11) is 0. The Bertz CT molecular complexity index is 637. The lowest BCUT2D eigenvalue weighted by Gasteiger charge is -2.04. The molecule has 4 heteroatoms. The standard InChI is InChI=1S/C17H19NO3/c19-16(8-2-1-3-9-17(20)18-21)15-11-10-13-6-4-5-7-14(13)12-15/h4-7,10-12,21H,1-3,8-9H2,(H,18,20). The molecule has 0 spiro atoms. The number of hydroxylamine groups is 1. The highest BCUT2D eigenvalue weighted by Gasteiger charge is 2.07. The maximum Gasteiger partial charge on any atom is 0.243 e. The van der Waals surface area contributed by atoms with E-state index in [1.165, 1.54) is 0 Å². The van der Waals surface area contributed by atoms with Gasteiger partial charge >= 0.3 is 0 Å². The van der Waals surface area contributed by atoms with Gasteiger partial charge in [0.25, 0.3) is 0 Å². The summed E-state index contributed by atoms with van der Waals surface area (Å²) in [5.41, 5.74) is 2.34. The Morgan fingerprint density at radius 1 is 0.905 bits per heavy atom. The van der Waals surface area contributed by atoms with Crippen LogP contribution in [0.5, 0.6) is 0 Å². The van der Waals surface area contributed by atoms with Crippen LogP contribution in [-0.2, 0) is 4.79 Å². The van der Waals surface area contributed by atoms with Gasteiger partial charge in [0.15, 0.2) is 5.78 Å². The van der Waals surface area contributed by atoms with Crippen molar-refractivity contribution in [3.8, 4) is 0 Å². The summed E-state index contributed by atoms with van der Waals surface area (Å²) in [5, 5.41) is 10.6. The predicted molar refractivity (Wildman–Crippen MR) is 81.3 cm³/mol. The van der Waals surface area contributed by atoms with E-state index in [1.807, 2.05) is 42.5 Å². The van der Waals surface area contributed by atoms with Gasteiger partial charge in [-0.3, -0.25) is 14.8 Å². The average molecular weight is 285 g/mol. The molecule has 0 atom stereocenters. The second kappa shape index (κ2) is 7.55. The number of carbonyl (C=O) groups is 2.